The minimum atomic E-state index is -1.14. The molecule has 1 heterocycles. The molecule has 35 heavy (non-hydrogen) atoms. The first-order valence-electron chi connectivity index (χ1n) is 12.1. The standard InChI is InChI=1S/C27H32N2O6/c1-3-27(4-2,25(33)29-14-17(30)13-23(29)24(31)32)16-28-26(34)35-15-22-20-11-7-5-9-18(20)19-10-6-8-12-21(19)22/h5-12,17,22-23,30H,3-4,13-16H2,1-2H3,(H,28,34)(H,31,32)/t17-,23+/m1/s1. The summed E-state index contributed by atoms with van der Waals surface area (Å²) in [7, 11) is 0. The Morgan fingerprint density at radius 2 is 1.60 bits per heavy atom. The van der Waals surface area contributed by atoms with E-state index in [1.807, 2.05) is 50.2 Å². The Kier molecular flexibility index (Phi) is 7.12. The molecule has 2 atom stereocenters. The van der Waals surface area contributed by atoms with Gasteiger partial charge in [-0.15, -0.1) is 0 Å². The van der Waals surface area contributed by atoms with E-state index < -0.39 is 29.6 Å². The Hall–Kier alpha value is -3.39. The molecule has 2 amide bonds. The third kappa shape index (κ3) is 4.62. The largest absolute Gasteiger partial charge is 0.480 e. The van der Waals surface area contributed by atoms with E-state index >= 15 is 0 Å². The highest BCUT2D eigenvalue weighted by Gasteiger charge is 2.46. The van der Waals surface area contributed by atoms with Gasteiger partial charge in [0.2, 0.25) is 5.91 Å². The van der Waals surface area contributed by atoms with Crippen molar-refractivity contribution >= 4 is 18.0 Å². The molecule has 3 N–H and O–H groups in total. The van der Waals surface area contributed by atoms with Gasteiger partial charge in [-0.2, -0.15) is 0 Å². The predicted octanol–water partition coefficient (Wildman–Crippen LogP) is 3.38. The molecular formula is C27H32N2O6. The van der Waals surface area contributed by atoms with E-state index in [0.717, 1.165) is 22.3 Å². The molecule has 4 rings (SSSR count). The van der Waals surface area contributed by atoms with Gasteiger partial charge in [0.25, 0.3) is 0 Å². The van der Waals surface area contributed by atoms with E-state index in [0.29, 0.717) is 12.8 Å². The van der Waals surface area contributed by atoms with Crippen LogP contribution in [0.4, 0.5) is 4.79 Å². The number of ether oxygens (including phenoxy) is 1. The van der Waals surface area contributed by atoms with Gasteiger partial charge in [0.15, 0.2) is 0 Å². The summed E-state index contributed by atoms with van der Waals surface area (Å²) in [5.74, 6) is -1.58. The van der Waals surface area contributed by atoms with Gasteiger partial charge in [0, 0.05) is 25.4 Å². The first-order chi connectivity index (χ1) is 16.8. The number of carboxylic acids is 1. The zero-order valence-electron chi connectivity index (χ0n) is 20.1. The highest BCUT2D eigenvalue weighted by atomic mass is 16.5. The number of nitrogens with one attached hydrogen (secondary N) is 1. The fraction of sp³-hybridized carbons (Fsp3) is 0.444. The number of hydrogen-bond donors (Lipinski definition) is 3. The number of rotatable bonds is 8. The molecule has 0 unspecified atom stereocenters. The van der Waals surface area contributed by atoms with Crippen molar-refractivity contribution in [3.8, 4) is 11.1 Å². The number of alkyl carbamates (subject to hydrolysis) is 1. The molecule has 0 spiro atoms. The van der Waals surface area contributed by atoms with Crippen LogP contribution in [0.5, 0.6) is 0 Å². The topological polar surface area (TPSA) is 116 Å². The zero-order chi connectivity index (χ0) is 25.2. The molecule has 2 aliphatic rings. The fourth-order valence-electron chi connectivity index (χ4n) is 5.35. The molecule has 8 heteroatoms. The van der Waals surface area contributed by atoms with Crippen molar-refractivity contribution in [2.75, 3.05) is 19.7 Å². The monoisotopic (exact) mass is 480 g/mol. The number of benzene rings is 2. The first kappa shape index (κ1) is 24.7. The molecule has 2 aromatic carbocycles. The van der Waals surface area contributed by atoms with Crippen molar-refractivity contribution in [2.24, 2.45) is 5.41 Å². The minimum Gasteiger partial charge on any atom is -0.480 e. The summed E-state index contributed by atoms with van der Waals surface area (Å²) in [6, 6.07) is 15.1. The molecular weight excluding hydrogens is 448 g/mol. The normalized spacial score (nSPS) is 19.2. The summed E-state index contributed by atoms with van der Waals surface area (Å²) in [6.07, 6.45) is -0.677. The molecule has 8 nitrogen and oxygen atoms in total. The number of carbonyl (C=O) groups excluding carboxylic acids is 2. The summed E-state index contributed by atoms with van der Waals surface area (Å²) >= 11 is 0. The second-order valence-electron chi connectivity index (χ2n) is 9.37. The molecule has 1 aliphatic heterocycles. The number of hydrogen-bond acceptors (Lipinski definition) is 5. The maximum Gasteiger partial charge on any atom is 0.407 e. The molecule has 1 aliphatic carbocycles. The third-order valence-electron chi connectivity index (χ3n) is 7.55. The summed E-state index contributed by atoms with van der Waals surface area (Å²) in [4.78, 5) is 38.9. The fourth-order valence-corrected chi connectivity index (χ4v) is 5.35. The van der Waals surface area contributed by atoms with Crippen molar-refractivity contribution in [1.82, 2.24) is 10.2 Å². The van der Waals surface area contributed by atoms with Crippen LogP contribution in [-0.2, 0) is 14.3 Å². The lowest BCUT2D eigenvalue weighted by atomic mass is 9.80. The van der Waals surface area contributed by atoms with Crippen LogP contribution in [0, 0.1) is 5.41 Å². The number of carbonyl (C=O) groups is 3. The summed E-state index contributed by atoms with van der Waals surface area (Å²) in [5.41, 5.74) is 3.52. The number of amides is 2. The van der Waals surface area contributed by atoms with Gasteiger partial charge >= 0.3 is 12.1 Å². The number of carboxylic acid groups (broad SMARTS) is 1. The molecule has 186 valence electrons. The van der Waals surface area contributed by atoms with Gasteiger partial charge < -0.3 is 25.2 Å². The highest BCUT2D eigenvalue weighted by Crippen LogP contribution is 2.44. The van der Waals surface area contributed by atoms with Crippen LogP contribution >= 0.6 is 0 Å². The highest BCUT2D eigenvalue weighted by molar-refractivity contribution is 5.89. The van der Waals surface area contributed by atoms with Gasteiger partial charge in [-0.05, 0) is 35.1 Å². The second-order valence-corrected chi connectivity index (χ2v) is 9.37. The summed E-state index contributed by atoms with van der Waals surface area (Å²) in [5, 5.41) is 22.2. The number of likely N-dealkylation sites (tertiary alicyclic amines) is 1. The molecule has 2 aromatic rings. The van der Waals surface area contributed by atoms with E-state index in [9.17, 15) is 24.6 Å². The van der Waals surface area contributed by atoms with Crippen molar-refractivity contribution in [2.45, 2.75) is 51.2 Å². The number of β-amino-alcohol motifs (C(OH)–C–C–N with tert-alkyl or cyclic N) is 1. The molecule has 0 radical (unpaired) electrons. The van der Waals surface area contributed by atoms with Gasteiger partial charge in [0.1, 0.15) is 12.6 Å². The number of fused-ring (bicyclic) bond motifs is 3. The number of aliphatic carboxylic acids is 1. The SMILES string of the molecule is CCC(CC)(CNC(=O)OCC1c2ccccc2-c2ccccc21)C(=O)N1C[C@H](O)C[C@H]1C(=O)O. The van der Waals surface area contributed by atoms with Gasteiger partial charge in [-0.1, -0.05) is 62.4 Å². The quantitative estimate of drug-likeness (QED) is 0.533. The average molecular weight is 481 g/mol. The molecule has 1 saturated heterocycles. The number of aliphatic hydroxyl groups excluding tert-OH is 1. The maximum atomic E-state index is 13.4. The van der Waals surface area contributed by atoms with Crippen molar-refractivity contribution in [1.29, 1.82) is 0 Å². The lowest BCUT2D eigenvalue weighted by Gasteiger charge is -2.36. The Bertz CT molecular complexity index is 1070. The van der Waals surface area contributed by atoms with Gasteiger partial charge in [-0.25, -0.2) is 9.59 Å². The molecule has 0 saturated carbocycles. The first-order valence-corrected chi connectivity index (χ1v) is 12.1. The van der Waals surface area contributed by atoms with E-state index in [-0.39, 0.29) is 37.9 Å². The summed E-state index contributed by atoms with van der Waals surface area (Å²) < 4.78 is 5.60. The average Bonchev–Trinajstić information content (AvgIpc) is 3.42. The smallest absolute Gasteiger partial charge is 0.407 e. The van der Waals surface area contributed by atoms with Crippen LogP contribution < -0.4 is 5.32 Å². The number of nitrogens with zero attached hydrogens (tertiary/aromatic N) is 1. The van der Waals surface area contributed by atoms with Crippen LogP contribution in [-0.4, -0.2) is 64.9 Å². The van der Waals surface area contributed by atoms with E-state index in [1.54, 1.807) is 0 Å². The van der Waals surface area contributed by atoms with Crippen LogP contribution in [0.3, 0.4) is 0 Å². The summed E-state index contributed by atoms with van der Waals surface area (Å²) in [6.45, 7) is 3.83. The maximum absolute atomic E-state index is 13.4. The lowest BCUT2D eigenvalue weighted by Crippen LogP contribution is -2.52. The van der Waals surface area contributed by atoms with Crippen molar-refractivity contribution in [3.05, 3.63) is 59.7 Å². The van der Waals surface area contributed by atoms with Crippen LogP contribution in [0.2, 0.25) is 0 Å². The van der Waals surface area contributed by atoms with Crippen LogP contribution in [0.15, 0.2) is 48.5 Å². The van der Waals surface area contributed by atoms with Crippen molar-refractivity contribution in [3.63, 3.8) is 0 Å². The molecule has 1 fully saturated rings. The van der Waals surface area contributed by atoms with E-state index in [2.05, 4.69) is 17.4 Å². The van der Waals surface area contributed by atoms with Gasteiger partial charge in [-0.3, -0.25) is 4.79 Å². The van der Waals surface area contributed by atoms with Gasteiger partial charge in [0.05, 0.1) is 11.5 Å². The number of aliphatic hydroxyl groups is 1. The Balaban J connectivity index is 1.42. The zero-order valence-corrected chi connectivity index (χ0v) is 20.1. The van der Waals surface area contributed by atoms with E-state index in [4.69, 9.17) is 4.74 Å². The lowest BCUT2D eigenvalue weighted by molar-refractivity contribution is -0.153. The molecule has 0 bridgehead atoms. The Labute approximate surface area is 204 Å². The van der Waals surface area contributed by atoms with Crippen LogP contribution in [0.1, 0.15) is 50.2 Å². The minimum absolute atomic E-state index is 0.00435. The predicted molar refractivity (Wildman–Crippen MR) is 130 cm³/mol. The third-order valence-corrected chi connectivity index (χ3v) is 7.55. The van der Waals surface area contributed by atoms with Crippen molar-refractivity contribution < 1.29 is 29.3 Å². The Morgan fingerprint density at radius 1 is 1.03 bits per heavy atom. The molecule has 0 aromatic heterocycles. The Morgan fingerprint density at radius 3 is 2.14 bits per heavy atom. The van der Waals surface area contributed by atoms with Crippen LogP contribution in [0.25, 0.3) is 11.1 Å². The van der Waals surface area contributed by atoms with E-state index in [1.165, 1.54) is 4.90 Å². The second kappa shape index (κ2) is 10.1.